The molecule has 0 unspecified atom stereocenters. The number of hydrogen-bond acceptors (Lipinski definition) is 11. The van der Waals surface area contributed by atoms with E-state index in [1.165, 1.54) is 31.5 Å². The Balaban J connectivity index is 1.56. The number of nitrogens with zero attached hydrogens (tertiary/aromatic N) is 3. The van der Waals surface area contributed by atoms with Gasteiger partial charge >= 0.3 is 11.9 Å². The van der Waals surface area contributed by atoms with Gasteiger partial charge < -0.3 is 29.1 Å². The van der Waals surface area contributed by atoms with E-state index < -0.39 is 57.6 Å². The molecule has 0 radical (unpaired) electrons. The number of rotatable bonds is 14. The summed E-state index contributed by atoms with van der Waals surface area (Å²) in [5.74, 6) is -1.30. The number of benzene rings is 3. The SMILES string of the molecule is CC(=O)O[C@H]1[C@H](n2ccnc2[N+](=O)[O-])O[C@@](COCc2ccccc2)(COS(=O)(=O)c2ccc(C)cc2)[C@H]1OCc1ccccc1. The molecule has 1 aliphatic heterocycles. The topological polar surface area (TPSA) is 158 Å². The summed E-state index contributed by atoms with van der Waals surface area (Å²) in [5, 5.41) is 11.9. The predicted molar refractivity (Wildman–Crippen MR) is 163 cm³/mol. The highest BCUT2D eigenvalue weighted by atomic mass is 32.2. The van der Waals surface area contributed by atoms with Gasteiger partial charge in [0.2, 0.25) is 6.23 Å². The summed E-state index contributed by atoms with van der Waals surface area (Å²) >= 11 is 0. The van der Waals surface area contributed by atoms with Crippen LogP contribution in [0.1, 0.15) is 29.8 Å². The quantitative estimate of drug-likeness (QED) is 0.0818. The van der Waals surface area contributed by atoms with E-state index in [0.717, 1.165) is 21.3 Å². The first-order chi connectivity index (χ1) is 22.1. The highest BCUT2D eigenvalue weighted by molar-refractivity contribution is 7.86. The van der Waals surface area contributed by atoms with E-state index in [1.54, 1.807) is 12.1 Å². The second-order valence-electron chi connectivity index (χ2n) is 10.8. The average Bonchev–Trinajstić information content (AvgIpc) is 3.64. The molecule has 0 saturated carbocycles. The van der Waals surface area contributed by atoms with Crippen molar-refractivity contribution in [1.29, 1.82) is 0 Å². The zero-order valence-electron chi connectivity index (χ0n) is 25.1. The monoisotopic (exact) mass is 651 g/mol. The summed E-state index contributed by atoms with van der Waals surface area (Å²) in [4.78, 5) is 27.4. The summed E-state index contributed by atoms with van der Waals surface area (Å²) in [6.07, 6.45) is -1.39. The number of imidazole rings is 1. The second kappa shape index (κ2) is 14.3. The Morgan fingerprint density at radius 1 is 0.978 bits per heavy atom. The van der Waals surface area contributed by atoms with Crippen LogP contribution in [-0.2, 0) is 51.3 Å². The van der Waals surface area contributed by atoms with Gasteiger partial charge in [0.1, 0.15) is 25.1 Å². The zero-order valence-corrected chi connectivity index (χ0v) is 25.9. The molecule has 3 aromatic carbocycles. The molecule has 1 fully saturated rings. The molecule has 0 spiro atoms. The van der Waals surface area contributed by atoms with Crippen molar-refractivity contribution in [3.05, 3.63) is 124 Å². The number of esters is 1. The van der Waals surface area contributed by atoms with Crippen LogP contribution in [0.5, 0.6) is 0 Å². The minimum Gasteiger partial charge on any atom is -0.453 e. The van der Waals surface area contributed by atoms with Crippen molar-refractivity contribution < 1.29 is 41.3 Å². The first-order valence-electron chi connectivity index (χ1n) is 14.3. The standard InChI is InChI=1S/C32H33N3O10S/c1-23-13-15-27(16-14-23)46(39,40)43-22-32(21-41-19-25-9-5-3-6-10-25)29(42-20-26-11-7-4-8-12-26)28(44-24(2)36)30(45-32)34-18-17-33-31(34)35(37)38/h3-18,28-30H,19-22H2,1-2H3/t28-,29+,30-,32+/m1/s1. The number of aryl methyl sites for hydroxylation is 1. The van der Waals surface area contributed by atoms with Gasteiger partial charge in [0.15, 0.2) is 11.7 Å². The fraction of sp³-hybridized carbons (Fsp3) is 0.312. The van der Waals surface area contributed by atoms with Gasteiger partial charge in [-0.3, -0.25) is 8.98 Å². The minimum absolute atomic E-state index is 0.00345. The van der Waals surface area contributed by atoms with E-state index in [9.17, 15) is 23.3 Å². The Kier molecular flexibility index (Phi) is 10.2. The third-order valence-electron chi connectivity index (χ3n) is 7.34. The third kappa shape index (κ3) is 7.66. The number of carbonyl (C=O) groups excluding carboxylic acids is 1. The molecule has 5 rings (SSSR count). The Morgan fingerprint density at radius 3 is 2.22 bits per heavy atom. The van der Waals surface area contributed by atoms with Crippen LogP contribution in [0, 0.1) is 17.0 Å². The normalized spacial score (nSPS) is 21.2. The molecule has 4 atom stereocenters. The lowest BCUT2D eigenvalue weighted by Crippen LogP contribution is -2.53. The van der Waals surface area contributed by atoms with Crippen molar-refractivity contribution in [2.75, 3.05) is 13.2 Å². The number of hydrogen-bond donors (Lipinski definition) is 0. The van der Waals surface area contributed by atoms with Crippen molar-refractivity contribution in [3.8, 4) is 0 Å². The number of nitro groups is 1. The maximum Gasteiger partial charge on any atom is 0.436 e. The number of ether oxygens (including phenoxy) is 4. The van der Waals surface area contributed by atoms with Crippen molar-refractivity contribution in [2.24, 2.45) is 0 Å². The molecule has 0 amide bonds. The summed E-state index contributed by atoms with van der Waals surface area (Å²) in [6, 6.07) is 24.5. The van der Waals surface area contributed by atoms with Crippen molar-refractivity contribution in [3.63, 3.8) is 0 Å². The molecule has 1 saturated heterocycles. The number of aromatic nitrogens is 2. The Morgan fingerprint density at radius 2 is 1.61 bits per heavy atom. The Hall–Kier alpha value is -4.47. The van der Waals surface area contributed by atoms with Crippen LogP contribution in [0.15, 0.2) is 102 Å². The lowest BCUT2D eigenvalue weighted by Gasteiger charge is -2.34. The van der Waals surface area contributed by atoms with Crippen LogP contribution in [0.25, 0.3) is 0 Å². The number of carbonyl (C=O) groups is 1. The molecular formula is C32H33N3O10S. The smallest absolute Gasteiger partial charge is 0.436 e. The highest BCUT2D eigenvalue weighted by Crippen LogP contribution is 2.44. The first kappa shape index (κ1) is 32.9. The lowest BCUT2D eigenvalue weighted by atomic mass is 9.96. The fourth-order valence-electron chi connectivity index (χ4n) is 5.14. The van der Waals surface area contributed by atoms with Crippen molar-refractivity contribution in [1.82, 2.24) is 9.55 Å². The molecule has 46 heavy (non-hydrogen) atoms. The van der Waals surface area contributed by atoms with Gasteiger partial charge in [-0.25, -0.2) is 0 Å². The van der Waals surface area contributed by atoms with E-state index in [0.29, 0.717) is 0 Å². The van der Waals surface area contributed by atoms with Gasteiger partial charge in [0.05, 0.1) is 24.7 Å². The van der Waals surface area contributed by atoms with Crippen LogP contribution >= 0.6 is 0 Å². The molecular weight excluding hydrogens is 618 g/mol. The molecule has 14 heteroatoms. The van der Waals surface area contributed by atoms with Crippen LogP contribution in [-0.4, -0.2) is 59.9 Å². The molecule has 0 bridgehead atoms. The first-order valence-corrected chi connectivity index (χ1v) is 15.7. The van der Waals surface area contributed by atoms with Gasteiger partial charge in [0.25, 0.3) is 10.1 Å². The van der Waals surface area contributed by atoms with Gasteiger partial charge in [-0.2, -0.15) is 13.0 Å². The fourth-order valence-corrected chi connectivity index (χ4v) is 6.10. The van der Waals surface area contributed by atoms with Crippen molar-refractivity contribution in [2.45, 2.75) is 56.0 Å². The largest absolute Gasteiger partial charge is 0.453 e. The molecule has 0 aliphatic carbocycles. The molecule has 13 nitrogen and oxygen atoms in total. The molecule has 2 heterocycles. The maximum absolute atomic E-state index is 13.4. The summed E-state index contributed by atoms with van der Waals surface area (Å²) in [5.41, 5.74) is 0.675. The van der Waals surface area contributed by atoms with Gasteiger partial charge in [-0.1, -0.05) is 83.3 Å². The van der Waals surface area contributed by atoms with Crippen LogP contribution in [0.2, 0.25) is 0 Å². The maximum atomic E-state index is 13.4. The van der Waals surface area contributed by atoms with E-state index >= 15 is 0 Å². The van der Waals surface area contributed by atoms with Crippen molar-refractivity contribution >= 4 is 22.0 Å². The molecule has 1 aromatic heterocycles. The van der Waals surface area contributed by atoms with E-state index in [1.807, 2.05) is 67.6 Å². The second-order valence-corrected chi connectivity index (χ2v) is 12.4. The van der Waals surface area contributed by atoms with E-state index in [4.69, 9.17) is 23.1 Å². The summed E-state index contributed by atoms with van der Waals surface area (Å²) in [6.45, 7) is 2.16. The molecule has 4 aromatic rings. The van der Waals surface area contributed by atoms with E-state index in [-0.39, 0.29) is 24.7 Å². The molecule has 242 valence electrons. The average molecular weight is 652 g/mol. The predicted octanol–water partition coefficient (Wildman–Crippen LogP) is 4.51. The van der Waals surface area contributed by atoms with E-state index in [2.05, 4.69) is 4.98 Å². The van der Waals surface area contributed by atoms with Crippen LogP contribution in [0.3, 0.4) is 0 Å². The van der Waals surface area contributed by atoms with Crippen LogP contribution in [0.4, 0.5) is 5.95 Å². The Bertz CT molecular complexity index is 1730. The zero-order chi connectivity index (χ0) is 32.7. The molecule has 1 aliphatic rings. The molecule has 0 N–H and O–H groups in total. The third-order valence-corrected chi connectivity index (χ3v) is 8.62. The summed E-state index contributed by atoms with van der Waals surface area (Å²) in [7, 11) is -4.33. The van der Waals surface area contributed by atoms with Gasteiger partial charge in [-0.15, -0.1) is 0 Å². The van der Waals surface area contributed by atoms with Gasteiger partial charge in [0, 0.05) is 6.92 Å². The van der Waals surface area contributed by atoms with Crippen LogP contribution < -0.4 is 0 Å². The highest BCUT2D eigenvalue weighted by Gasteiger charge is 2.61. The van der Waals surface area contributed by atoms with Gasteiger partial charge in [-0.05, 0) is 35.1 Å². The lowest BCUT2D eigenvalue weighted by molar-refractivity contribution is -0.399. The summed E-state index contributed by atoms with van der Waals surface area (Å²) < 4.78 is 58.2. The minimum atomic E-state index is -4.33. The Labute approximate surface area is 265 Å².